The van der Waals surface area contributed by atoms with E-state index in [-0.39, 0.29) is 36.3 Å². The molecule has 0 aliphatic carbocycles. The van der Waals surface area contributed by atoms with Gasteiger partial charge < -0.3 is 24.4 Å². The second-order valence-corrected chi connectivity index (χ2v) is 11.1. The lowest BCUT2D eigenvalue weighted by atomic mass is 9.53. The number of nitrogens with zero attached hydrogens (tertiary/aromatic N) is 4. The minimum atomic E-state index is -1.14. The van der Waals surface area contributed by atoms with Crippen molar-refractivity contribution in [1.82, 2.24) is 19.9 Å². The molecule has 2 unspecified atom stereocenters. The molecule has 4 heterocycles. The first-order chi connectivity index (χ1) is 19.0. The monoisotopic (exact) mass is 541 g/mol. The van der Waals surface area contributed by atoms with Crippen LogP contribution in [0.4, 0.5) is 0 Å². The van der Waals surface area contributed by atoms with E-state index in [1.54, 1.807) is 29.5 Å². The number of amides is 2. The predicted octanol–water partition coefficient (Wildman–Crippen LogP) is -0.205. The first-order valence-corrected chi connectivity index (χ1v) is 13.7. The number of benzene rings is 1. The van der Waals surface area contributed by atoms with E-state index in [9.17, 15) is 19.5 Å². The largest absolute Gasteiger partial charge is 0.391 e. The Morgan fingerprint density at radius 1 is 1.23 bits per heavy atom. The third kappa shape index (κ3) is 4.81. The molecule has 3 aromatic rings. The Hall–Kier alpha value is -3.92. The smallest absolute Gasteiger partial charge is 0.277 e. The van der Waals surface area contributed by atoms with E-state index in [2.05, 4.69) is 15.5 Å². The van der Waals surface area contributed by atoms with Crippen molar-refractivity contribution in [2.24, 2.45) is 18.0 Å². The van der Waals surface area contributed by atoms with Crippen LogP contribution in [-0.2, 0) is 22.2 Å². The number of rotatable bonds is 7. The molecule has 2 aliphatic rings. The molecule has 1 saturated heterocycles. The zero-order chi connectivity index (χ0) is 28.8. The summed E-state index contributed by atoms with van der Waals surface area (Å²) in [5, 5.41) is 17.9. The number of aliphatic hydroxyl groups excluding tert-OH is 1. The maximum atomic E-state index is 13.9. The van der Waals surface area contributed by atoms with Crippen LogP contribution in [0.5, 0.6) is 0 Å². The van der Waals surface area contributed by atoms with Crippen LogP contribution in [-0.4, -0.2) is 71.0 Å². The van der Waals surface area contributed by atoms with E-state index in [1.165, 1.54) is 6.07 Å². The van der Waals surface area contributed by atoms with E-state index < -0.39 is 23.6 Å². The molecule has 10 nitrogen and oxygen atoms in total. The molecule has 2 amide bonds. The van der Waals surface area contributed by atoms with Gasteiger partial charge in [0, 0.05) is 31.7 Å². The van der Waals surface area contributed by atoms with Gasteiger partial charge in [0.2, 0.25) is 5.91 Å². The summed E-state index contributed by atoms with van der Waals surface area (Å²) < 4.78 is 7.10. The van der Waals surface area contributed by atoms with Crippen molar-refractivity contribution in [2.75, 3.05) is 6.54 Å². The summed E-state index contributed by atoms with van der Waals surface area (Å²) in [5.41, 5.74) is 1.83. The second-order valence-electron chi connectivity index (χ2n) is 11.1. The molecule has 0 radical (unpaired) electrons. The van der Waals surface area contributed by atoms with Crippen molar-refractivity contribution < 1.29 is 19.2 Å². The summed E-state index contributed by atoms with van der Waals surface area (Å²) in [4.78, 5) is 45.2. The number of amidine groups is 1. The zero-order valence-electron chi connectivity index (χ0n) is 23.4. The Balaban J connectivity index is 1.39. The fourth-order valence-corrected chi connectivity index (χ4v) is 5.61. The zero-order valence-corrected chi connectivity index (χ0v) is 23.4. The van der Waals surface area contributed by atoms with E-state index >= 15 is 0 Å². The Bertz CT molecular complexity index is 1530. The van der Waals surface area contributed by atoms with Crippen molar-refractivity contribution in [3.8, 4) is 11.3 Å². The lowest BCUT2D eigenvalue weighted by Gasteiger charge is -2.31. The highest BCUT2D eigenvalue weighted by molar-refractivity contribution is 6.97. The molecule has 1 fully saturated rings. The number of aliphatic hydroxyl groups is 1. The van der Waals surface area contributed by atoms with Crippen molar-refractivity contribution in [2.45, 2.75) is 50.8 Å². The van der Waals surface area contributed by atoms with E-state index in [1.807, 2.05) is 58.0 Å². The molecule has 2 aliphatic heterocycles. The lowest BCUT2D eigenvalue weighted by Crippen LogP contribution is -2.51. The van der Waals surface area contributed by atoms with Gasteiger partial charge in [-0.25, -0.2) is 0 Å². The SMILES string of the molecule is BBc1cc(C(C(=O)N2C[C@H](O)CC2C2=NC(=O)[C@](C)(c3ccc(-c4cccc(=O)n4C)cc3)N2)C(C)C)on1. The number of aromatic nitrogens is 2. The van der Waals surface area contributed by atoms with E-state index in [0.717, 1.165) is 16.9 Å². The van der Waals surface area contributed by atoms with Gasteiger partial charge in [0.1, 0.15) is 30.2 Å². The molecule has 12 heteroatoms. The minimum absolute atomic E-state index is 0.0726. The summed E-state index contributed by atoms with van der Waals surface area (Å²) in [6, 6.07) is 13.7. The molecule has 2 N–H and O–H groups in total. The van der Waals surface area contributed by atoms with Crippen molar-refractivity contribution in [3.05, 3.63) is 70.2 Å². The molecule has 40 heavy (non-hydrogen) atoms. The molecule has 2 aromatic heterocycles. The Kier molecular flexibility index (Phi) is 7.31. The third-order valence-corrected chi connectivity index (χ3v) is 8.03. The van der Waals surface area contributed by atoms with Crippen LogP contribution in [0.3, 0.4) is 0 Å². The average molecular weight is 541 g/mol. The maximum Gasteiger partial charge on any atom is 0.277 e. The van der Waals surface area contributed by atoms with E-state index in [4.69, 9.17) is 4.52 Å². The number of carbonyl (C=O) groups is 2. The van der Waals surface area contributed by atoms with Crippen LogP contribution in [0, 0.1) is 5.92 Å². The first kappa shape index (κ1) is 27.6. The van der Waals surface area contributed by atoms with Gasteiger partial charge in [-0.2, -0.15) is 4.99 Å². The Labute approximate surface area is 234 Å². The van der Waals surface area contributed by atoms with E-state index in [0.29, 0.717) is 24.3 Å². The third-order valence-electron chi connectivity index (χ3n) is 8.03. The van der Waals surface area contributed by atoms with Crippen molar-refractivity contribution >= 4 is 38.2 Å². The van der Waals surface area contributed by atoms with Crippen molar-refractivity contribution in [1.29, 1.82) is 0 Å². The van der Waals surface area contributed by atoms with Gasteiger partial charge in [-0.3, -0.25) is 14.4 Å². The van der Waals surface area contributed by atoms with Gasteiger partial charge >= 0.3 is 0 Å². The molecule has 0 saturated carbocycles. The number of carbonyl (C=O) groups excluding carboxylic acids is 2. The fraction of sp³-hybridized carbons (Fsp3) is 0.393. The predicted molar refractivity (Wildman–Crippen MR) is 156 cm³/mol. The van der Waals surface area contributed by atoms with Crippen LogP contribution in [0.1, 0.15) is 44.4 Å². The Morgan fingerprint density at radius 3 is 2.60 bits per heavy atom. The minimum Gasteiger partial charge on any atom is -0.391 e. The van der Waals surface area contributed by atoms with Crippen LogP contribution < -0.4 is 16.5 Å². The van der Waals surface area contributed by atoms with Crippen LogP contribution in [0.2, 0.25) is 0 Å². The lowest BCUT2D eigenvalue weighted by molar-refractivity contribution is -0.134. The number of β-amino-alcohol motifs (C(OH)–C–C–N with tert-alkyl or cyclic N) is 1. The van der Waals surface area contributed by atoms with Crippen LogP contribution >= 0.6 is 0 Å². The van der Waals surface area contributed by atoms with Crippen molar-refractivity contribution in [3.63, 3.8) is 0 Å². The highest BCUT2D eigenvalue weighted by atomic mass is 16.5. The topological polar surface area (TPSA) is 130 Å². The quantitative estimate of drug-likeness (QED) is 0.397. The fourth-order valence-electron chi connectivity index (χ4n) is 5.61. The molecular weight excluding hydrogens is 508 g/mol. The molecule has 0 spiro atoms. The molecule has 4 atom stereocenters. The van der Waals surface area contributed by atoms with Gasteiger partial charge in [-0.05, 0) is 36.1 Å². The summed E-state index contributed by atoms with van der Waals surface area (Å²) in [7, 11) is 4.38. The average Bonchev–Trinajstić information content (AvgIpc) is 3.63. The van der Waals surface area contributed by atoms with Gasteiger partial charge in [-0.15, -0.1) is 0 Å². The number of hydrogen-bond acceptors (Lipinski definition) is 7. The number of pyridine rings is 1. The standard InChI is InChI=1S/C28H33B2N5O5/c1-15(2)24(21-13-22(30-29)33-40-21)26(38)35-14-18(36)12-20(35)25-31-27(39)28(3,32-25)17-10-8-16(9-11-17)19-6-5-7-23(37)34(19)4/h5-11,13,15,18,20,24,30,36H,12,14,29H2,1-4H3,(H,31,32,39)/t18-,20?,24?,28+/m1/s1. The summed E-state index contributed by atoms with van der Waals surface area (Å²) >= 11 is 0. The van der Waals surface area contributed by atoms with Gasteiger partial charge in [0.25, 0.3) is 11.5 Å². The highest BCUT2D eigenvalue weighted by Gasteiger charge is 2.48. The molecule has 1 aromatic carbocycles. The maximum absolute atomic E-state index is 13.9. The van der Waals surface area contributed by atoms with Crippen LogP contribution in [0.25, 0.3) is 11.3 Å². The van der Waals surface area contributed by atoms with Gasteiger partial charge in [0.05, 0.1) is 25.6 Å². The molecule has 0 bridgehead atoms. The molecular formula is C28H33B2N5O5. The highest BCUT2D eigenvalue weighted by Crippen LogP contribution is 2.34. The summed E-state index contributed by atoms with van der Waals surface area (Å²) in [5.74, 6) is -0.364. The number of hydrogen-bond donors (Lipinski definition) is 2. The molecule has 5 rings (SSSR count). The van der Waals surface area contributed by atoms with Crippen LogP contribution in [0.15, 0.2) is 62.8 Å². The normalized spacial score (nSPS) is 23.3. The Morgan fingerprint density at radius 2 is 1.95 bits per heavy atom. The van der Waals surface area contributed by atoms with Gasteiger partial charge in [0.15, 0.2) is 0 Å². The molecule has 206 valence electrons. The second kappa shape index (κ2) is 10.6. The number of nitrogens with one attached hydrogen (secondary N) is 1. The first-order valence-electron chi connectivity index (χ1n) is 13.7. The van der Waals surface area contributed by atoms with Gasteiger partial charge in [-0.1, -0.05) is 49.3 Å². The summed E-state index contributed by atoms with van der Waals surface area (Å²) in [6.45, 7) is 5.79. The number of aliphatic imine (C=N–C) groups is 1. The summed E-state index contributed by atoms with van der Waals surface area (Å²) in [6.07, 6.45) is -0.477. The number of likely N-dealkylation sites (tertiary alicyclic amines) is 1.